The van der Waals surface area contributed by atoms with Gasteiger partial charge in [-0.2, -0.15) is 0 Å². The molecule has 1 aliphatic rings. The number of hydrogen-bond acceptors (Lipinski definition) is 3. The maximum absolute atomic E-state index is 12.5. The van der Waals surface area contributed by atoms with Crippen LogP contribution in [0.3, 0.4) is 0 Å². The Morgan fingerprint density at radius 3 is 2.80 bits per heavy atom. The largest absolute Gasteiger partial charge is 0.493 e. The number of ether oxygens (including phenoxy) is 1. The van der Waals surface area contributed by atoms with Crippen LogP contribution >= 0.6 is 0 Å². The summed E-state index contributed by atoms with van der Waals surface area (Å²) >= 11 is 0. The van der Waals surface area contributed by atoms with Gasteiger partial charge in [-0.1, -0.05) is 36.4 Å². The Balaban J connectivity index is 1.72. The summed E-state index contributed by atoms with van der Waals surface area (Å²) in [6, 6.07) is 12.7. The molecule has 25 heavy (non-hydrogen) atoms. The molecule has 5 nitrogen and oxygen atoms in total. The van der Waals surface area contributed by atoms with Gasteiger partial charge in [0.25, 0.3) is 0 Å². The molecule has 2 aromatic rings. The summed E-state index contributed by atoms with van der Waals surface area (Å²) in [5.41, 5.74) is 3.82. The molecular weight excluding hydrogens is 318 g/mol. The first-order valence-electron chi connectivity index (χ1n) is 8.34. The van der Waals surface area contributed by atoms with Gasteiger partial charge in [0, 0.05) is 6.42 Å². The van der Waals surface area contributed by atoms with Crippen LogP contribution in [0.2, 0.25) is 0 Å². The van der Waals surface area contributed by atoms with E-state index in [9.17, 15) is 14.7 Å². The molecule has 1 amide bonds. The van der Waals surface area contributed by atoms with Crippen LogP contribution in [0.5, 0.6) is 5.75 Å². The Bertz CT molecular complexity index is 800. The van der Waals surface area contributed by atoms with Gasteiger partial charge in [-0.25, -0.2) is 0 Å². The number of benzene rings is 2. The van der Waals surface area contributed by atoms with E-state index in [1.807, 2.05) is 49.4 Å². The van der Waals surface area contributed by atoms with Crippen LogP contribution in [0.1, 0.15) is 34.7 Å². The predicted octanol–water partition coefficient (Wildman–Crippen LogP) is 2.80. The van der Waals surface area contributed by atoms with Crippen LogP contribution in [-0.2, 0) is 22.4 Å². The molecule has 0 radical (unpaired) electrons. The first kappa shape index (κ1) is 17.0. The number of hydrogen-bond donors (Lipinski definition) is 2. The van der Waals surface area contributed by atoms with Gasteiger partial charge in [0.15, 0.2) is 0 Å². The number of aryl methyl sites for hydroxylation is 1. The van der Waals surface area contributed by atoms with E-state index in [1.54, 1.807) is 0 Å². The van der Waals surface area contributed by atoms with Crippen LogP contribution in [0, 0.1) is 6.92 Å². The second-order valence-corrected chi connectivity index (χ2v) is 6.29. The van der Waals surface area contributed by atoms with Crippen LogP contribution in [0.25, 0.3) is 0 Å². The molecule has 2 N–H and O–H groups in total. The number of carbonyl (C=O) groups is 2. The summed E-state index contributed by atoms with van der Waals surface area (Å²) in [5.74, 6) is -0.246. The summed E-state index contributed by atoms with van der Waals surface area (Å²) in [7, 11) is 0. The molecule has 1 aliphatic heterocycles. The highest BCUT2D eigenvalue weighted by Crippen LogP contribution is 2.26. The van der Waals surface area contributed by atoms with Gasteiger partial charge < -0.3 is 15.2 Å². The Kier molecular flexibility index (Phi) is 5.03. The minimum Gasteiger partial charge on any atom is -0.493 e. The topological polar surface area (TPSA) is 75.6 Å². The van der Waals surface area contributed by atoms with Crippen molar-refractivity contribution in [1.29, 1.82) is 0 Å². The van der Waals surface area contributed by atoms with E-state index in [0.717, 1.165) is 34.4 Å². The van der Waals surface area contributed by atoms with Gasteiger partial charge in [0.1, 0.15) is 5.75 Å². The lowest BCUT2D eigenvalue weighted by Gasteiger charge is -2.19. The fourth-order valence-electron chi connectivity index (χ4n) is 3.17. The first-order valence-corrected chi connectivity index (χ1v) is 8.34. The number of nitrogens with one attached hydrogen (secondary N) is 1. The number of carbonyl (C=O) groups excluding carboxylic acids is 1. The van der Waals surface area contributed by atoms with E-state index in [4.69, 9.17) is 4.74 Å². The molecule has 0 aromatic heterocycles. The molecular formula is C20H21NO4. The highest BCUT2D eigenvalue weighted by molar-refractivity contribution is 5.80. The smallest absolute Gasteiger partial charge is 0.305 e. The van der Waals surface area contributed by atoms with Gasteiger partial charge in [-0.15, -0.1) is 0 Å². The van der Waals surface area contributed by atoms with E-state index < -0.39 is 12.0 Å². The highest BCUT2D eigenvalue weighted by Gasteiger charge is 2.20. The molecule has 130 valence electrons. The zero-order valence-corrected chi connectivity index (χ0v) is 14.1. The van der Waals surface area contributed by atoms with E-state index >= 15 is 0 Å². The lowest BCUT2D eigenvalue weighted by Crippen LogP contribution is -2.31. The lowest BCUT2D eigenvalue weighted by atomic mass is 9.98. The van der Waals surface area contributed by atoms with E-state index in [-0.39, 0.29) is 18.7 Å². The minimum atomic E-state index is -0.941. The summed E-state index contributed by atoms with van der Waals surface area (Å²) < 4.78 is 5.47. The summed E-state index contributed by atoms with van der Waals surface area (Å²) in [6.07, 6.45) is 0.930. The van der Waals surface area contributed by atoms with E-state index in [0.29, 0.717) is 6.61 Å². The molecule has 0 spiro atoms. The van der Waals surface area contributed by atoms with Crippen LogP contribution < -0.4 is 10.1 Å². The Labute approximate surface area is 146 Å². The molecule has 3 rings (SSSR count). The SMILES string of the molecule is Cc1ccccc1C(CC(=O)O)NC(=O)Cc1ccc2c(c1)CCO2. The molecule has 1 atom stereocenters. The predicted molar refractivity (Wildman–Crippen MR) is 93.7 cm³/mol. The first-order chi connectivity index (χ1) is 12.0. The number of fused-ring (bicyclic) bond motifs is 1. The number of rotatable bonds is 6. The van der Waals surface area contributed by atoms with Gasteiger partial charge in [0.2, 0.25) is 5.91 Å². The van der Waals surface area contributed by atoms with Gasteiger partial charge >= 0.3 is 5.97 Å². The molecule has 0 bridgehead atoms. The van der Waals surface area contributed by atoms with Crippen molar-refractivity contribution in [3.05, 3.63) is 64.7 Å². The Hall–Kier alpha value is -2.82. The molecule has 1 unspecified atom stereocenters. The van der Waals surface area contributed by atoms with Crippen LogP contribution in [0.15, 0.2) is 42.5 Å². The Morgan fingerprint density at radius 1 is 1.24 bits per heavy atom. The van der Waals surface area contributed by atoms with Crippen molar-refractivity contribution in [1.82, 2.24) is 5.32 Å². The minimum absolute atomic E-state index is 0.144. The number of aliphatic carboxylic acids is 1. The summed E-state index contributed by atoms with van der Waals surface area (Å²) in [6.45, 7) is 2.59. The van der Waals surface area contributed by atoms with Crippen molar-refractivity contribution in [2.75, 3.05) is 6.61 Å². The number of carboxylic acid groups (broad SMARTS) is 1. The average Bonchev–Trinajstić information content (AvgIpc) is 3.02. The van der Waals surface area contributed by atoms with Crippen molar-refractivity contribution in [2.24, 2.45) is 0 Å². The third-order valence-electron chi connectivity index (χ3n) is 4.40. The molecule has 0 saturated heterocycles. The number of carboxylic acids is 1. The van der Waals surface area contributed by atoms with Gasteiger partial charge in [0.05, 0.1) is 25.5 Å². The molecule has 0 aliphatic carbocycles. The monoisotopic (exact) mass is 339 g/mol. The summed E-state index contributed by atoms with van der Waals surface area (Å²) in [5, 5.41) is 12.0. The molecule has 1 heterocycles. The van der Waals surface area contributed by atoms with Crippen molar-refractivity contribution in [3.63, 3.8) is 0 Å². The van der Waals surface area contributed by atoms with E-state index in [1.165, 1.54) is 0 Å². The van der Waals surface area contributed by atoms with Crippen LogP contribution in [0.4, 0.5) is 0 Å². The lowest BCUT2D eigenvalue weighted by molar-refractivity contribution is -0.137. The van der Waals surface area contributed by atoms with Crippen molar-refractivity contribution in [2.45, 2.75) is 32.2 Å². The Morgan fingerprint density at radius 2 is 2.04 bits per heavy atom. The quantitative estimate of drug-likeness (QED) is 0.848. The normalized spacial score (nSPS) is 13.6. The van der Waals surface area contributed by atoms with Gasteiger partial charge in [-0.3, -0.25) is 9.59 Å². The average molecular weight is 339 g/mol. The van der Waals surface area contributed by atoms with Crippen molar-refractivity contribution >= 4 is 11.9 Å². The highest BCUT2D eigenvalue weighted by atomic mass is 16.5. The van der Waals surface area contributed by atoms with Crippen molar-refractivity contribution in [3.8, 4) is 5.75 Å². The maximum atomic E-state index is 12.5. The zero-order chi connectivity index (χ0) is 17.8. The van der Waals surface area contributed by atoms with E-state index in [2.05, 4.69) is 5.32 Å². The standard InChI is InChI=1S/C20H21NO4/c1-13-4-2-3-5-16(13)17(12-20(23)24)21-19(22)11-14-6-7-18-15(10-14)8-9-25-18/h2-7,10,17H,8-9,11-12H2,1H3,(H,21,22)(H,23,24). The third kappa shape index (κ3) is 4.18. The van der Waals surface area contributed by atoms with Crippen LogP contribution in [-0.4, -0.2) is 23.6 Å². The van der Waals surface area contributed by atoms with Gasteiger partial charge in [-0.05, 0) is 35.2 Å². The molecule has 5 heteroatoms. The second-order valence-electron chi connectivity index (χ2n) is 6.29. The summed E-state index contributed by atoms with van der Waals surface area (Å²) in [4.78, 5) is 23.7. The maximum Gasteiger partial charge on any atom is 0.305 e. The zero-order valence-electron chi connectivity index (χ0n) is 14.1. The fourth-order valence-corrected chi connectivity index (χ4v) is 3.17. The third-order valence-corrected chi connectivity index (χ3v) is 4.40. The molecule has 2 aromatic carbocycles. The van der Waals surface area contributed by atoms with Crippen molar-refractivity contribution < 1.29 is 19.4 Å². The molecule has 0 saturated carbocycles. The second kappa shape index (κ2) is 7.38. The number of amides is 1. The fraction of sp³-hybridized carbons (Fsp3) is 0.300. The molecule has 0 fully saturated rings.